The summed E-state index contributed by atoms with van der Waals surface area (Å²) in [4.78, 5) is 2.38. The van der Waals surface area contributed by atoms with Gasteiger partial charge in [0.25, 0.3) is 0 Å². The highest BCUT2D eigenvalue weighted by molar-refractivity contribution is 4.82. The van der Waals surface area contributed by atoms with Gasteiger partial charge in [0.05, 0.1) is 0 Å². The minimum Gasteiger partial charge on any atom is -0.396 e. The maximum atomic E-state index is 9.49. The molecule has 1 heterocycles. The molecule has 0 spiro atoms. The van der Waals surface area contributed by atoms with E-state index in [4.69, 9.17) is 0 Å². The van der Waals surface area contributed by atoms with Gasteiger partial charge in [-0.1, -0.05) is 12.8 Å². The van der Waals surface area contributed by atoms with E-state index in [1.807, 2.05) is 0 Å². The summed E-state index contributed by atoms with van der Waals surface area (Å²) in [6, 6.07) is 0.730. The molecule has 94 valence electrons. The van der Waals surface area contributed by atoms with E-state index in [0.29, 0.717) is 18.4 Å². The summed E-state index contributed by atoms with van der Waals surface area (Å²) in [7, 11) is 2.18. The maximum Gasteiger partial charge on any atom is 0.0474 e. The third kappa shape index (κ3) is 3.19. The molecule has 16 heavy (non-hydrogen) atoms. The maximum absolute atomic E-state index is 9.49. The summed E-state index contributed by atoms with van der Waals surface area (Å²) in [5.41, 5.74) is 0. The molecule has 3 heteroatoms. The molecule has 1 saturated carbocycles. The van der Waals surface area contributed by atoms with Crippen molar-refractivity contribution in [2.75, 3.05) is 33.3 Å². The van der Waals surface area contributed by atoms with E-state index in [1.54, 1.807) is 0 Å². The minimum atomic E-state index is 0.345. The second-order valence-electron chi connectivity index (χ2n) is 5.64. The van der Waals surface area contributed by atoms with Gasteiger partial charge in [-0.2, -0.15) is 0 Å². The van der Waals surface area contributed by atoms with E-state index in [9.17, 15) is 5.11 Å². The van der Waals surface area contributed by atoms with Crippen LogP contribution in [0.1, 0.15) is 32.1 Å². The van der Waals surface area contributed by atoms with Crippen molar-refractivity contribution in [2.45, 2.75) is 38.1 Å². The van der Waals surface area contributed by atoms with Gasteiger partial charge in [-0.15, -0.1) is 0 Å². The predicted molar refractivity (Wildman–Crippen MR) is 66.4 cm³/mol. The molecule has 2 atom stereocenters. The van der Waals surface area contributed by atoms with Crippen LogP contribution >= 0.6 is 0 Å². The zero-order chi connectivity index (χ0) is 11.4. The third-order valence-corrected chi connectivity index (χ3v) is 4.35. The Balaban J connectivity index is 1.72. The summed E-state index contributed by atoms with van der Waals surface area (Å²) in [6.07, 6.45) is 6.70. The Bertz CT molecular complexity index is 204. The van der Waals surface area contributed by atoms with Crippen LogP contribution in [0.4, 0.5) is 0 Å². The lowest BCUT2D eigenvalue weighted by molar-refractivity contribution is 0.170. The van der Waals surface area contributed by atoms with Crippen molar-refractivity contribution in [3.8, 4) is 0 Å². The molecule has 1 saturated heterocycles. The molecule has 3 nitrogen and oxygen atoms in total. The number of hydrogen-bond acceptors (Lipinski definition) is 3. The number of aliphatic hydroxyl groups excluding tert-OH is 1. The van der Waals surface area contributed by atoms with Crippen LogP contribution in [0.15, 0.2) is 0 Å². The number of likely N-dealkylation sites (tertiary alicyclic amines) is 1. The lowest BCUT2D eigenvalue weighted by atomic mass is 9.92. The molecular formula is C13H26N2O. The molecule has 1 aliphatic carbocycles. The monoisotopic (exact) mass is 226 g/mol. The second kappa shape index (κ2) is 5.99. The van der Waals surface area contributed by atoms with Crippen LogP contribution in [0.5, 0.6) is 0 Å². The summed E-state index contributed by atoms with van der Waals surface area (Å²) >= 11 is 0. The average molecular weight is 226 g/mol. The molecule has 2 aliphatic rings. The third-order valence-electron chi connectivity index (χ3n) is 4.35. The van der Waals surface area contributed by atoms with Gasteiger partial charge in [0.1, 0.15) is 0 Å². The van der Waals surface area contributed by atoms with E-state index < -0.39 is 0 Å². The molecule has 2 fully saturated rings. The van der Waals surface area contributed by atoms with Gasteiger partial charge < -0.3 is 15.3 Å². The van der Waals surface area contributed by atoms with E-state index in [0.717, 1.165) is 19.1 Å². The van der Waals surface area contributed by atoms with Gasteiger partial charge in [-0.25, -0.2) is 0 Å². The number of nitrogens with one attached hydrogen (secondary N) is 1. The Morgan fingerprint density at radius 2 is 2.06 bits per heavy atom. The van der Waals surface area contributed by atoms with Gasteiger partial charge in [0.15, 0.2) is 0 Å². The molecule has 0 bridgehead atoms. The highest BCUT2D eigenvalue weighted by Crippen LogP contribution is 2.24. The van der Waals surface area contributed by atoms with Crippen molar-refractivity contribution in [3.05, 3.63) is 0 Å². The molecule has 1 aliphatic heterocycles. The normalized spacial score (nSPS) is 30.0. The summed E-state index contributed by atoms with van der Waals surface area (Å²) < 4.78 is 0. The van der Waals surface area contributed by atoms with Crippen LogP contribution in [0.2, 0.25) is 0 Å². The molecular weight excluding hydrogens is 200 g/mol. The Morgan fingerprint density at radius 3 is 2.62 bits per heavy atom. The standard InChI is InChI=1S/C13H26N2O/c1-15-7-6-11(9-15)12(10-16)8-14-13-4-2-3-5-13/h11-14,16H,2-10H2,1H3. The quantitative estimate of drug-likeness (QED) is 0.736. The van der Waals surface area contributed by atoms with Crippen LogP contribution in [-0.2, 0) is 0 Å². The molecule has 2 rings (SSSR count). The van der Waals surface area contributed by atoms with E-state index >= 15 is 0 Å². The fraction of sp³-hybridized carbons (Fsp3) is 1.00. The van der Waals surface area contributed by atoms with Crippen molar-refractivity contribution in [1.29, 1.82) is 0 Å². The van der Waals surface area contributed by atoms with Crippen LogP contribution in [-0.4, -0.2) is 49.3 Å². The molecule has 2 unspecified atom stereocenters. The fourth-order valence-corrected chi connectivity index (χ4v) is 3.18. The lowest BCUT2D eigenvalue weighted by Crippen LogP contribution is -2.36. The highest BCUT2D eigenvalue weighted by atomic mass is 16.3. The summed E-state index contributed by atoms with van der Waals surface area (Å²) in [6.45, 7) is 3.72. The first kappa shape index (κ1) is 12.3. The lowest BCUT2D eigenvalue weighted by Gasteiger charge is -2.23. The molecule has 0 radical (unpaired) electrons. The van der Waals surface area contributed by atoms with Gasteiger partial charge in [-0.05, 0) is 44.7 Å². The van der Waals surface area contributed by atoms with Crippen LogP contribution < -0.4 is 5.32 Å². The van der Waals surface area contributed by atoms with E-state index in [-0.39, 0.29) is 0 Å². The van der Waals surface area contributed by atoms with Crippen molar-refractivity contribution < 1.29 is 5.11 Å². The van der Waals surface area contributed by atoms with Crippen LogP contribution in [0.3, 0.4) is 0 Å². The van der Waals surface area contributed by atoms with Crippen molar-refractivity contribution in [3.63, 3.8) is 0 Å². The molecule has 0 aromatic carbocycles. The van der Waals surface area contributed by atoms with Crippen molar-refractivity contribution >= 4 is 0 Å². The first-order chi connectivity index (χ1) is 7.79. The topological polar surface area (TPSA) is 35.5 Å². The van der Waals surface area contributed by atoms with E-state index in [1.165, 1.54) is 38.6 Å². The Morgan fingerprint density at radius 1 is 1.31 bits per heavy atom. The fourth-order valence-electron chi connectivity index (χ4n) is 3.18. The molecule has 0 amide bonds. The Hall–Kier alpha value is -0.120. The first-order valence-electron chi connectivity index (χ1n) is 6.82. The van der Waals surface area contributed by atoms with Crippen molar-refractivity contribution in [1.82, 2.24) is 10.2 Å². The average Bonchev–Trinajstić information content (AvgIpc) is 2.91. The Labute approximate surface area is 99.2 Å². The van der Waals surface area contributed by atoms with E-state index in [2.05, 4.69) is 17.3 Å². The van der Waals surface area contributed by atoms with Gasteiger partial charge in [-0.3, -0.25) is 0 Å². The minimum absolute atomic E-state index is 0.345. The number of hydrogen-bond donors (Lipinski definition) is 2. The van der Waals surface area contributed by atoms with Crippen LogP contribution in [0.25, 0.3) is 0 Å². The summed E-state index contributed by atoms with van der Waals surface area (Å²) in [5, 5.41) is 13.1. The molecule has 0 aromatic heterocycles. The SMILES string of the molecule is CN1CCC(C(CO)CNC2CCCC2)C1. The molecule has 2 N–H and O–H groups in total. The largest absolute Gasteiger partial charge is 0.396 e. The number of nitrogens with zero attached hydrogens (tertiary/aromatic N) is 1. The number of aliphatic hydroxyl groups is 1. The van der Waals surface area contributed by atoms with Crippen molar-refractivity contribution in [2.24, 2.45) is 11.8 Å². The van der Waals surface area contributed by atoms with Crippen LogP contribution in [0, 0.1) is 11.8 Å². The second-order valence-corrected chi connectivity index (χ2v) is 5.64. The Kier molecular flexibility index (Phi) is 4.62. The van der Waals surface area contributed by atoms with Gasteiger partial charge in [0.2, 0.25) is 0 Å². The first-order valence-corrected chi connectivity index (χ1v) is 6.82. The van der Waals surface area contributed by atoms with Gasteiger partial charge >= 0.3 is 0 Å². The predicted octanol–water partition coefficient (Wildman–Crippen LogP) is 1.08. The zero-order valence-electron chi connectivity index (χ0n) is 10.5. The molecule has 0 aromatic rings. The highest BCUT2D eigenvalue weighted by Gasteiger charge is 2.27. The van der Waals surface area contributed by atoms with Gasteiger partial charge in [0, 0.05) is 25.7 Å². The summed E-state index contributed by atoms with van der Waals surface area (Å²) in [5.74, 6) is 1.16. The number of rotatable bonds is 5. The zero-order valence-corrected chi connectivity index (χ0v) is 10.5. The smallest absolute Gasteiger partial charge is 0.0474 e.